The first kappa shape index (κ1) is 12.9. The smallest absolute Gasteiger partial charge is 0.226 e. The van der Waals surface area contributed by atoms with Gasteiger partial charge in [0.25, 0.3) is 0 Å². The summed E-state index contributed by atoms with van der Waals surface area (Å²) < 4.78 is 0. The molecular weight excluding hydrogens is 228 g/mol. The van der Waals surface area contributed by atoms with E-state index in [1.807, 2.05) is 36.1 Å². The summed E-state index contributed by atoms with van der Waals surface area (Å²) in [6.07, 6.45) is 1.68. The van der Waals surface area contributed by atoms with Crippen LogP contribution in [0.5, 0.6) is 0 Å². The topological polar surface area (TPSA) is 66.6 Å². The zero-order chi connectivity index (χ0) is 13.2. The van der Waals surface area contributed by atoms with Crippen LogP contribution in [-0.2, 0) is 11.2 Å². The molecule has 1 heterocycles. The van der Waals surface area contributed by atoms with Crippen LogP contribution in [0.2, 0.25) is 0 Å². The molecule has 3 N–H and O–H groups in total. The minimum Gasteiger partial charge on any atom is -0.399 e. The Kier molecular flexibility index (Phi) is 3.57. The summed E-state index contributed by atoms with van der Waals surface area (Å²) >= 11 is 0. The molecule has 0 atom stereocenters. The van der Waals surface area contributed by atoms with Crippen molar-refractivity contribution in [2.24, 2.45) is 0 Å². The van der Waals surface area contributed by atoms with Gasteiger partial charge in [-0.15, -0.1) is 0 Å². The fraction of sp³-hybridized carbons (Fsp3) is 0.500. The maximum atomic E-state index is 12.1. The normalized spacial score (nSPS) is 18.7. The van der Waals surface area contributed by atoms with E-state index in [4.69, 9.17) is 5.73 Å². The van der Waals surface area contributed by atoms with Crippen LogP contribution in [-0.4, -0.2) is 34.6 Å². The van der Waals surface area contributed by atoms with Gasteiger partial charge in [0, 0.05) is 18.8 Å². The van der Waals surface area contributed by atoms with Gasteiger partial charge in [0.15, 0.2) is 0 Å². The lowest BCUT2D eigenvalue weighted by Gasteiger charge is -2.35. The molecule has 0 spiro atoms. The van der Waals surface area contributed by atoms with Crippen LogP contribution >= 0.6 is 0 Å². The molecule has 2 rings (SSSR count). The molecule has 0 unspecified atom stereocenters. The number of likely N-dealkylation sites (tertiary alicyclic amines) is 1. The van der Waals surface area contributed by atoms with Crippen molar-refractivity contribution >= 4 is 11.6 Å². The Hall–Kier alpha value is -1.55. The van der Waals surface area contributed by atoms with E-state index in [1.165, 1.54) is 0 Å². The second-order valence-corrected chi connectivity index (χ2v) is 5.30. The number of aliphatic hydroxyl groups is 1. The van der Waals surface area contributed by atoms with E-state index < -0.39 is 5.60 Å². The van der Waals surface area contributed by atoms with Crippen molar-refractivity contribution in [3.05, 3.63) is 29.8 Å². The maximum absolute atomic E-state index is 12.1. The number of hydrogen-bond acceptors (Lipinski definition) is 3. The third kappa shape index (κ3) is 3.23. The predicted octanol–water partition coefficient (Wildman–Crippen LogP) is 1.18. The van der Waals surface area contributed by atoms with E-state index in [0.717, 1.165) is 5.56 Å². The monoisotopic (exact) mass is 248 g/mol. The van der Waals surface area contributed by atoms with Crippen LogP contribution in [0.25, 0.3) is 0 Å². The maximum Gasteiger partial charge on any atom is 0.226 e. The zero-order valence-electron chi connectivity index (χ0n) is 10.7. The number of carbonyl (C=O) groups is 1. The quantitative estimate of drug-likeness (QED) is 0.772. The molecule has 1 amide bonds. The number of piperidine rings is 1. The molecule has 4 heteroatoms. The molecule has 1 fully saturated rings. The number of nitrogens with zero attached hydrogens (tertiary/aromatic N) is 1. The SMILES string of the molecule is CC1(O)CCN(C(=O)Cc2cccc(N)c2)CC1. The molecule has 0 aromatic heterocycles. The Morgan fingerprint density at radius 2 is 2.11 bits per heavy atom. The molecule has 1 aromatic rings. The number of hydrogen-bond donors (Lipinski definition) is 2. The van der Waals surface area contributed by atoms with Gasteiger partial charge in [0.05, 0.1) is 12.0 Å². The van der Waals surface area contributed by atoms with Crippen LogP contribution in [0.1, 0.15) is 25.3 Å². The Labute approximate surface area is 107 Å². The van der Waals surface area contributed by atoms with Gasteiger partial charge in [-0.05, 0) is 37.5 Å². The second-order valence-electron chi connectivity index (χ2n) is 5.30. The lowest BCUT2D eigenvalue weighted by atomic mass is 9.93. The molecular formula is C14H20N2O2. The Morgan fingerprint density at radius 1 is 1.44 bits per heavy atom. The summed E-state index contributed by atoms with van der Waals surface area (Å²) in [5, 5.41) is 9.85. The van der Waals surface area contributed by atoms with Crippen molar-refractivity contribution in [1.82, 2.24) is 4.90 Å². The van der Waals surface area contributed by atoms with Gasteiger partial charge < -0.3 is 15.7 Å². The van der Waals surface area contributed by atoms with Crippen molar-refractivity contribution in [1.29, 1.82) is 0 Å². The number of amides is 1. The van der Waals surface area contributed by atoms with Gasteiger partial charge in [0.1, 0.15) is 0 Å². The summed E-state index contributed by atoms with van der Waals surface area (Å²) in [6, 6.07) is 7.41. The summed E-state index contributed by atoms with van der Waals surface area (Å²) in [7, 11) is 0. The number of benzene rings is 1. The molecule has 4 nitrogen and oxygen atoms in total. The van der Waals surface area contributed by atoms with Gasteiger partial charge in [0.2, 0.25) is 5.91 Å². The largest absolute Gasteiger partial charge is 0.399 e. The van der Waals surface area contributed by atoms with Crippen LogP contribution in [0.4, 0.5) is 5.69 Å². The van der Waals surface area contributed by atoms with Gasteiger partial charge in [-0.25, -0.2) is 0 Å². The zero-order valence-corrected chi connectivity index (χ0v) is 10.7. The van der Waals surface area contributed by atoms with Crippen molar-refractivity contribution in [3.8, 4) is 0 Å². The molecule has 1 aliphatic rings. The summed E-state index contributed by atoms with van der Waals surface area (Å²) in [5.74, 6) is 0.108. The fourth-order valence-corrected chi connectivity index (χ4v) is 2.23. The average Bonchev–Trinajstić information content (AvgIpc) is 2.28. The lowest BCUT2D eigenvalue weighted by Crippen LogP contribution is -2.45. The highest BCUT2D eigenvalue weighted by molar-refractivity contribution is 5.79. The summed E-state index contributed by atoms with van der Waals surface area (Å²) in [4.78, 5) is 13.9. The Bertz CT molecular complexity index is 433. The molecule has 0 radical (unpaired) electrons. The number of carbonyl (C=O) groups excluding carboxylic acids is 1. The lowest BCUT2D eigenvalue weighted by molar-refractivity contribution is -0.134. The van der Waals surface area contributed by atoms with Crippen LogP contribution in [0.3, 0.4) is 0 Å². The first-order valence-electron chi connectivity index (χ1n) is 6.31. The van der Waals surface area contributed by atoms with E-state index in [9.17, 15) is 9.90 Å². The minimum absolute atomic E-state index is 0.108. The first-order chi connectivity index (χ1) is 8.46. The Morgan fingerprint density at radius 3 is 2.72 bits per heavy atom. The van der Waals surface area contributed by atoms with Crippen molar-refractivity contribution in [3.63, 3.8) is 0 Å². The number of rotatable bonds is 2. The average molecular weight is 248 g/mol. The Balaban J connectivity index is 1.93. The van der Waals surface area contributed by atoms with E-state index in [1.54, 1.807) is 0 Å². The molecule has 18 heavy (non-hydrogen) atoms. The third-order valence-corrected chi connectivity index (χ3v) is 3.50. The number of anilines is 1. The van der Waals surface area contributed by atoms with Crippen molar-refractivity contribution in [2.45, 2.75) is 31.8 Å². The van der Waals surface area contributed by atoms with Crippen LogP contribution in [0, 0.1) is 0 Å². The number of nitrogens with two attached hydrogens (primary N) is 1. The summed E-state index contributed by atoms with van der Waals surface area (Å²) in [6.45, 7) is 3.09. The van der Waals surface area contributed by atoms with E-state index >= 15 is 0 Å². The molecule has 1 aromatic carbocycles. The van der Waals surface area contributed by atoms with Crippen LogP contribution < -0.4 is 5.73 Å². The molecule has 98 valence electrons. The van der Waals surface area contributed by atoms with E-state index in [0.29, 0.717) is 38.0 Å². The molecule has 1 saturated heterocycles. The van der Waals surface area contributed by atoms with Crippen molar-refractivity contribution in [2.75, 3.05) is 18.8 Å². The molecule has 1 aliphatic heterocycles. The standard InChI is InChI=1S/C14H20N2O2/c1-14(18)5-7-16(8-6-14)13(17)10-11-3-2-4-12(15)9-11/h2-4,9,18H,5-8,10,15H2,1H3. The summed E-state index contributed by atoms with van der Waals surface area (Å²) in [5.41, 5.74) is 6.70. The minimum atomic E-state index is -0.617. The highest BCUT2D eigenvalue weighted by atomic mass is 16.3. The second kappa shape index (κ2) is 4.98. The molecule has 0 bridgehead atoms. The molecule has 0 aliphatic carbocycles. The number of nitrogen functional groups attached to an aromatic ring is 1. The van der Waals surface area contributed by atoms with Crippen LogP contribution in [0.15, 0.2) is 24.3 Å². The first-order valence-corrected chi connectivity index (χ1v) is 6.31. The highest BCUT2D eigenvalue weighted by Gasteiger charge is 2.29. The third-order valence-electron chi connectivity index (χ3n) is 3.50. The fourth-order valence-electron chi connectivity index (χ4n) is 2.23. The van der Waals surface area contributed by atoms with Gasteiger partial charge in [-0.3, -0.25) is 4.79 Å². The van der Waals surface area contributed by atoms with Crippen molar-refractivity contribution < 1.29 is 9.90 Å². The highest BCUT2D eigenvalue weighted by Crippen LogP contribution is 2.21. The van der Waals surface area contributed by atoms with Gasteiger partial charge >= 0.3 is 0 Å². The molecule has 0 saturated carbocycles. The van der Waals surface area contributed by atoms with Gasteiger partial charge in [-0.1, -0.05) is 12.1 Å². The predicted molar refractivity (Wildman–Crippen MR) is 71.0 cm³/mol. The van der Waals surface area contributed by atoms with E-state index in [-0.39, 0.29) is 5.91 Å². The van der Waals surface area contributed by atoms with E-state index in [2.05, 4.69) is 0 Å². The van der Waals surface area contributed by atoms with Gasteiger partial charge in [-0.2, -0.15) is 0 Å².